The first-order chi connectivity index (χ1) is 12.4. The van der Waals surface area contributed by atoms with Crippen LogP contribution in [0.3, 0.4) is 0 Å². The molecule has 0 saturated carbocycles. The van der Waals surface area contributed by atoms with Crippen LogP contribution in [0, 0.1) is 10.1 Å². The van der Waals surface area contributed by atoms with Gasteiger partial charge in [-0.3, -0.25) is 14.9 Å². The quantitative estimate of drug-likeness (QED) is 0.496. The van der Waals surface area contributed by atoms with Gasteiger partial charge in [0.2, 0.25) is 0 Å². The Hall–Kier alpha value is -1.83. The standard InChI is InChI=1S/C17H14BrCl2N3O3/c18-11-4-5-13(19)12(10-11)17(24)22-8-6-21(7-9-22)16-14(20)2-1-3-15(16)23(25)26/h1-5,10H,6-9H2. The van der Waals surface area contributed by atoms with E-state index in [4.69, 9.17) is 23.2 Å². The molecular formula is C17H14BrCl2N3O3. The van der Waals surface area contributed by atoms with Crippen molar-refractivity contribution in [3.8, 4) is 0 Å². The van der Waals surface area contributed by atoms with E-state index in [0.29, 0.717) is 47.5 Å². The Balaban J connectivity index is 1.77. The molecule has 0 unspecified atom stereocenters. The zero-order valence-corrected chi connectivity index (χ0v) is 16.6. The Kier molecular flexibility index (Phi) is 5.70. The molecule has 6 nitrogen and oxygen atoms in total. The number of carbonyl (C=O) groups is 1. The lowest BCUT2D eigenvalue weighted by atomic mass is 10.1. The number of para-hydroxylation sites is 1. The van der Waals surface area contributed by atoms with Crippen molar-refractivity contribution in [2.24, 2.45) is 0 Å². The number of amides is 1. The van der Waals surface area contributed by atoms with Gasteiger partial charge < -0.3 is 9.80 Å². The predicted octanol–water partition coefficient (Wildman–Crippen LogP) is 4.63. The Morgan fingerprint density at radius 1 is 1.08 bits per heavy atom. The molecule has 26 heavy (non-hydrogen) atoms. The second-order valence-corrected chi connectivity index (χ2v) is 7.50. The molecule has 1 aliphatic heterocycles. The van der Waals surface area contributed by atoms with Crippen LogP contribution in [0.15, 0.2) is 40.9 Å². The maximum Gasteiger partial charge on any atom is 0.294 e. The molecule has 0 N–H and O–H groups in total. The van der Waals surface area contributed by atoms with Crippen molar-refractivity contribution >= 4 is 56.4 Å². The maximum absolute atomic E-state index is 12.7. The first-order valence-electron chi connectivity index (χ1n) is 7.80. The number of hydrogen-bond acceptors (Lipinski definition) is 4. The fourth-order valence-corrected chi connectivity index (χ4v) is 3.78. The number of nitro groups is 1. The van der Waals surface area contributed by atoms with Crippen LogP contribution in [0.1, 0.15) is 10.4 Å². The van der Waals surface area contributed by atoms with Crippen molar-refractivity contribution in [3.05, 3.63) is 66.6 Å². The fraction of sp³-hybridized carbons (Fsp3) is 0.235. The van der Waals surface area contributed by atoms with E-state index in [1.54, 1.807) is 35.2 Å². The number of hydrogen-bond donors (Lipinski definition) is 0. The Morgan fingerprint density at radius 2 is 1.77 bits per heavy atom. The van der Waals surface area contributed by atoms with Crippen LogP contribution in [-0.4, -0.2) is 41.9 Å². The van der Waals surface area contributed by atoms with Crippen LogP contribution < -0.4 is 4.90 Å². The topological polar surface area (TPSA) is 66.7 Å². The smallest absolute Gasteiger partial charge is 0.294 e. The largest absolute Gasteiger partial charge is 0.361 e. The van der Waals surface area contributed by atoms with E-state index in [1.165, 1.54) is 6.07 Å². The SMILES string of the molecule is O=C(c1cc(Br)ccc1Cl)N1CCN(c2c(Cl)cccc2[N+](=O)[O-])CC1. The summed E-state index contributed by atoms with van der Waals surface area (Å²) in [5, 5.41) is 12.0. The average Bonchev–Trinajstić information content (AvgIpc) is 2.63. The van der Waals surface area contributed by atoms with Crippen LogP contribution in [0.5, 0.6) is 0 Å². The molecular weight excluding hydrogens is 445 g/mol. The third-order valence-electron chi connectivity index (χ3n) is 4.20. The third-order valence-corrected chi connectivity index (χ3v) is 5.33. The molecule has 1 saturated heterocycles. The molecule has 1 fully saturated rings. The van der Waals surface area contributed by atoms with Gasteiger partial charge in [-0.25, -0.2) is 0 Å². The number of anilines is 1. The summed E-state index contributed by atoms with van der Waals surface area (Å²) in [6.07, 6.45) is 0. The number of nitro benzene ring substituents is 1. The van der Waals surface area contributed by atoms with Crippen LogP contribution in [0.25, 0.3) is 0 Å². The van der Waals surface area contributed by atoms with Crippen molar-refractivity contribution in [1.82, 2.24) is 4.90 Å². The highest BCUT2D eigenvalue weighted by Crippen LogP contribution is 2.36. The van der Waals surface area contributed by atoms with Gasteiger partial charge in [-0.05, 0) is 24.3 Å². The molecule has 3 rings (SSSR count). The second kappa shape index (κ2) is 7.82. The number of rotatable bonds is 3. The molecule has 2 aromatic rings. The van der Waals surface area contributed by atoms with E-state index < -0.39 is 4.92 Å². The summed E-state index contributed by atoms with van der Waals surface area (Å²) in [6.45, 7) is 1.73. The van der Waals surface area contributed by atoms with E-state index in [1.807, 2.05) is 4.90 Å². The normalized spacial score (nSPS) is 14.4. The molecule has 2 aromatic carbocycles. The van der Waals surface area contributed by atoms with Gasteiger partial charge >= 0.3 is 0 Å². The van der Waals surface area contributed by atoms with Gasteiger partial charge in [0.05, 0.1) is 20.5 Å². The van der Waals surface area contributed by atoms with Crippen molar-refractivity contribution in [2.45, 2.75) is 0 Å². The lowest BCUT2D eigenvalue weighted by Gasteiger charge is -2.36. The van der Waals surface area contributed by atoms with E-state index in [9.17, 15) is 14.9 Å². The minimum Gasteiger partial charge on any atom is -0.361 e. The van der Waals surface area contributed by atoms with Gasteiger partial charge in [0.1, 0.15) is 5.69 Å². The number of benzene rings is 2. The zero-order valence-electron chi connectivity index (χ0n) is 13.5. The van der Waals surface area contributed by atoms with Gasteiger partial charge in [0, 0.05) is 36.7 Å². The van der Waals surface area contributed by atoms with Crippen LogP contribution in [0.2, 0.25) is 10.0 Å². The Bertz CT molecular complexity index is 870. The summed E-state index contributed by atoms with van der Waals surface area (Å²) in [6, 6.07) is 9.74. The summed E-state index contributed by atoms with van der Waals surface area (Å²) in [5.41, 5.74) is 0.789. The number of halogens is 3. The fourth-order valence-electron chi connectivity index (χ4n) is 2.93. The van der Waals surface area contributed by atoms with Crippen molar-refractivity contribution in [2.75, 3.05) is 31.1 Å². The van der Waals surface area contributed by atoms with Gasteiger partial charge in [-0.2, -0.15) is 0 Å². The number of piperazine rings is 1. The lowest BCUT2D eigenvalue weighted by Crippen LogP contribution is -2.49. The van der Waals surface area contributed by atoms with E-state index >= 15 is 0 Å². The maximum atomic E-state index is 12.7. The zero-order chi connectivity index (χ0) is 18.8. The highest BCUT2D eigenvalue weighted by Gasteiger charge is 2.28. The molecule has 0 aliphatic carbocycles. The molecule has 9 heteroatoms. The van der Waals surface area contributed by atoms with Crippen LogP contribution in [-0.2, 0) is 0 Å². The van der Waals surface area contributed by atoms with Crippen molar-refractivity contribution in [3.63, 3.8) is 0 Å². The molecule has 136 valence electrons. The van der Waals surface area contributed by atoms with Gasteiger partial charge in [0.25, 0.3) is 11.6 Å². The van der Waals surface area contributed by atoms with Gasteiger partial charge in [-0.15, -0.1) is 0 Å². The highest BCUT2D eigenvalue weighted by molar-refractivity contribution is 9.10. The minimum absolute atomic E-state index is 0.0349. The summed E-state index contributed by atoms with van der Waals surface area (Å²) in [4.78, 5) is 27.1. The molecule has 0 bridgehead atoms. The van der Waals surface area contributed by atoms with Crippen molar-refractivity contribution < 1.29 is 9.72 Å². The van der Waals surface area contributed by atoms with E-state index in [0.717, 1.165) is 4.47 Å². The molecule has 0 spiro atoms. The van der Waals surface area contributed by atoms with Crippen LogP contribution >= 0.6 is 39.1 Å². The average molecular weight is 459 g/mol. The van der Waals surface area contributed by atoms with Gasteiger partial charge in [-0.1, -0.05) is 45.2 Å². The summed E-state index contributed by atoms with van der Waals surface area (Å²) in [5.74, 6) is -0.162. The monoisotopic (exact) mass is 457 g/mol. The highest BCUT2D eigenvalue weighted by atomic mass is 79.9. The second-order valence-electron chi connectivity index (χ2n) is 5.77. The molecule has 0 aromatic heterocycles. The number of nitrogens with zero attached hydrogens (tertiary/aromatic N) is 3. The summed E-state index contributed by atoms with van der Waals surface area (Å²) < 4.78 is 0.774. The molecule has 1 aliphatic rings. The molecule has 0 atom stereocenters. The Labute approximate surface area is 168 Å². The third kappa shape index (κ3) is 3.79. The van der Waals surface area contributed by atoms with Crippen LogP contribution in [0.4, 0.5) is 11.4 Å². The molecule has 1 heterocycles. The van der Waals surface area contributed by atoms with E-state index in [-0.39, 0.29) is 11.6 Å². The minimum atomic E-state index is -0.444. The van der Waals surface area contributed by atoms with Gasteiger partial charge in [0.15, 0.2) is 0 Å². The van der Waals surface area contributed by atoms with Crippen molar-refractivity contribution in [1.29, 1.82) is 0 Å². The first kappa shape index (κ1) is 18.9. The lowest BCUT2D eigenvalue weighted by molar-refractivity contribution is -0.384. The Morgan fingerprint density at radius 3 is 2.42 bits per heavy atom. The molecule has 0 radical (unpaired) electrons. The predicted molar refractivity (Wildman–Crippen MR) is 105 cm³/mol. The first-order valence-corrected chi connectivity index (χ1v) is 9.35. The van der Waals surface area contributed by atoms with E-state index in [2.05, 4.69) is 15.9 Å². The summed E-state index contributed by atoms with van der Waals surface area (Å²) in [7, 11) is 0. The number of carbonyl (C=O) groups excluding carboxylic acids is 1. The molecule has 1 amide bonds. The summed E-state index contributed by atoms with van der Waals surface area (Å²) >= 11 is 15.7.